The first-order chi connectivity index (χ1) is 22.2. The Balaban J connectivity index is 2.17. The third-order valence-electron chi connectivity index (χ3n) is 7.48. The summed E-state index contributed by atoms with van der Waals surface area (Å²) in [6, 6.07) is 10.5. The smallest absolute Gasteiger partial charge is 0.341 e. The second kappa shape index (κ2) is 17.0. The first kappa shape index (κ1) is 35.5. The van der Waals surface area contributed by atoms with Crippen molar-refractivity contribution in [3.05, 3.63) is 75.3 Å². The minimum atomic E-state index is -0.527. The molecule has 3 aromatic carbocycles. The average Bonchev–Trinajstić information content (AvgIpc) is 3.09. The Kier molecular flexibility index (Phi) is 13.1. The largest absolute Gasteiger partial charge is 0.496 e. The Labute approximate surface area is 269 Å². The number of carbonyl (C=O) groups excluding carboxylic acids is 3. The molecule has 0 N–H and O–H groups in total. The van der Waals surface area contributed by atoms with Gasteiger partial charge in [-0.2, -0.15) is 0 Å². The molecule has 0 fully saturated rings. The molecule has 0 aliphatic carbocycles. The molecule has 0 heterocycles. The lowest BCUT2D eigenvalue weighted by molar-refractivity contribution is 0.0499. The molecule has 0 aromatic heterocycles. The number of rotatable bonds is 16. The van der Waals surface area contributed by atoms with E-state index in [2.05, 4.69) is 0 Å². The van der Waals surface area contributed by atoms with Gasteiger partial charge in [0.05, 0.1) is 61.9 Å². The number of aryl methyl sites for hydroxylation is 2. The summed E-state index contributed by atoms with van der Waals surface area (Å²) in [6.45, 7) is 2.13. The van der Waals surface area contributed by atoms with Crippen molar-refractivity contribution in [1.82, 2.24) is 0 Å². The zero-order valence-electron chi connectivity index (χ0n) is 27.7. The minimum absolute atomic E-state index is 0.219. The van der Waals surface area contributed by atoms with Gasteiger partial charge in [-0.1, -0.05) is 19.1 Å². The molecular formula is C35H42O11. The summed E-state index contributed by atoms with van der Waals surface area (Å²) in [5, 5.41) is 0. The van der Waals surface area contributed by atoms with Crippen LogP contribution in [0.2, 0.25) is 0 Å². The summed E-state index contributed by atoms with van der Waals surface area (Å²) in [6.07, 6.45) is 2.14. The highest BCUT2D eigenvalue weighted by atomic mass is 16.5. The number of hydrogen-bond donors (Lipinski definition) is 0. The molecule has 248 valence electrons. The molecular weight excluding hydrogens is 596 g/mol. The van der Waals surface area contributed by atoms with Crippen LogP contribution in [-0.2, 0) is 39.9 Å². The van der Waals surface area contributed by atoms with E-state index in [9.17, 15) is 14.4 Å². The Bertz CT molecular complexity index is 1440. The number of ether oxygens (including phenoxy) is 8. The molecule has 0 atom stereocenters. The number of esters is 3. The van der Waals surface area contributed by atoms with Crippen LogP contribution in [-0.4, -0.2) is 74.3 Å². The molecule has 46 heavy (non-hydrogen) atoms. The van der Waals surface area contributed by atoms with Gasteiger partial charge in [-0.15, -0.1) is 0 Å². The van der Waals surface area contributed by atoms with Crippen molar-refractivity contribution in [1.29, 1.82) is 0 Å². The van der Waals surface area contributed by atoms with Crippen LogP contribution in [0.3, 0.4) is 0 Å². The van der Waals surface area contributed by atoms with Crippen molar-refractivity contribution in [3.63, 3.8) is 0 Å². The van der Waals surface area contributed by atoms with Crippen molar-refractivity contribution >= 4 is 17.9 Å². The van der Waals surface area contributed by atoms with E-state index in [-0.39, 0.29) is 17.7 Å². The van der Waals surface area contributed by atoms with Crippen molar-refractivity contribution in [3.8, 4) is 28.7 Å². The van der Waals surface area contributed by atoms with Gasteiger partial charge in [0.1, 0.15) is 22.6 Å². The number of hydrogen-bond acceptors (Lipinski definition) is 11. The molecule has 0 aliphatic heterocycles. The Morgan fingerprint density at radius 3 is 1.33 bits per heavy atom. The molecule has 0 bridgehead atoms. The fourth-order valence-electron chi connectivity index (χ4n) is 5.29. The van der Waals surface area contributed by atoms with Crippen LogP contribution in [0, 0.1) is 0 Å². The van der Waals surface area contributed by atoms with Gasteiger partial charge in [0.2, 0.25) is 5.75 Å². The average molecular weight is 639 g/mol. The highest BCUT2D eigenvalue weighted by Gasteiger charge is 2.31. The Morgan fingerprint density at radius 2 is 0.978 bits per heavy atom. The van der Waals surface area contributed by atoms with E-state index in [4.69, 9.17) is 37.9 Å². The molecule has 0 radical (unpaired) electrons. The lowest BCUT2D eigenvalue weighted by atomic mass is 9.90. The molecule has 0 saturated carbocycles. The van der Waals surface area contributed by atoms with E-state index in [1.165, 1.54) is 49.8 Å². The predicted octanol–water partition coefficient (Wildman–Crippen LogP) is 5.44. The maximum absolute atomic E-state index is 13.8. The van der Waals surface area contributed by atoms with Crippen LogP contribution in [0.1, 0.15) is 66.7 Å². The molecule has 0 saturated heterocycles. The zero-order chi connectivity index (χ0) is 33.8. The van der Waals surface area contributed by atoms with Crippen LogP contribution in [0.15, 0.2) is 36.4 Å². The fraction of sp³-hybridized carbons (Fsp3) is 0.400. The first-order valence-corrected chi connectivity index (χ1v) is 14.7. The third-order valence-corrected chi connectivity index (χ3v) is 7.48. The third kappa shape index (κ3) is 7.82. The van der Waals surface area contributed by atoms with Crippen LogP contribution in [0.4, 0.5) is 0 Å². The van der Waals surface area contributed by atoms with Crippen molar-refractivity contribution in [2.45, 2.75) is 39.0 Å². The normalized spacial score (nSPS) is 10.5. The highest BCUT2D eigenvalue weighted by Crippen LogP contribution is 2.47. The van der Waals surface area contributed by atoms with Gasteiger partial charge in [-0.3, -0.25) is 0 Å². The maximum atomic E-state index is 13.8. The van der Waals surface area contributed by atoms with Crippen molar-refractivity contribution in [2.75, 3.05) is 56.4 Å². The summed E-state index contributed by atoms with van der Waals surface area (Å²) in [7, 11) is 10.1. The molecule has 11 nitrogen and oxygen atoms in total. The number of methoxy groups -OCH3 is 7. The van der Waals surface area contributed by atoms with Crippen molar-refractivity contribution in [2.24, 2.45) is 0 Å². The maximum Gasteiger partial charge on any atom is 0.341 e. The standard InChI is InChI=1S/C35H42O11/c1-9-18-46-35(38)29-23(14-10-21-12-16-27(39-2)25(19-21)33(36)44-7)30(41-4)32(43-6)31(42-5)24(29)15-11-22-13-17-28(40-3)26(20-22)34(37)45-8/h12-13,16-17,19-20H,9-11,14-15,18H2,1-8H3. The lowest BCUT2D eigenvalue weighted by Gasteiger charge is -2.23. The fourth-order valence-corrected chi connectivity index (χ4v) is 5.29. The van der Waals surface area contributed by atoms with Gasteiger partial charge in [-0.25, -0.2) is 14.4 Å². The van der Waals surface area contributed by atoms with E-state index in [0.29, 0.717) is 77.5 Å². The SMILES string of the molecule is CCCOC(=O)c1c(CCc2ccc(OC)c(C(=O)OC)c2)c(OC)c(OC)c(OC)c1CCc1ccc(OC)c(C(=O)OC)c1. The topological polar surface area (TPSA) is 125 Å². The lowest BCUT2D eigenvalue weighted by Crippen LogP contribution is -2.17. The second-order valence-electron chi connectivity index (χ2n) is 10.1. The van der Waals surface area contributed by atoms with Gasteiger partial charge in [-0.05, 0) is 67.5 Å². The molecule has 3 rings (SSSR count). The highest BCUT2D eigenvalue weighted by molar-refractivity contribution is 5.96. The Hall–Kier alpha value is -4.93. The summed E-state index contributed by atoms with van der Waals surface area (Å²) in [4.78, 5) is 38.6. The van der Waals surface area contributed by atoms with Crippen molar-refractivity contribution < 1.29 is 52.3 Å². The van der Waals surface area contributed by atoms with Gasteiger partial charge < -0.3 is 37.9 Å². The van der Waals surface area contributed by atoms with Gasteiger partial charge in [0.25, 0.3) is 0 Å². The van der Waals surface area contributed by atoms with Gasteiger partial charge >= 0.3 is 17.9 Å². The Morgan fingerprint density at radius 1 is 0.543 bits per heavy atom. The monoisotopic (exact) mass is 638 g/mol. The molecule has 0 aliphatic rings. The molecule has 11 heteroatoms. The zero-order valence-corrected chi connectivity index (χ0v) is 27.7. The summed E-state index contributed by atoms with van der Waals surface area (Å²) >= 11 is 0. The van der Waals surface area contributed by atoms with Gasteiger partial charge in [0.15, 0.2) is 11.5 Å². The quantitative estimate of drug-likeness (QED) is 0.147. The predicted molar refractivity (Wildman–Crippen MR) is 170 cm³/mol. The van der Waals surface area contributed by atoms with Crippen LogP contribution in [0.25, 0.3) is 0 Å². The molecule has 0 unspecified atom stereocenters. The summed E-state index contributed by atoms with van der Waals surface area (Å²) in [5.41, 5.74) is 3.63. The minimum Gasteiger partial charge on any atom is -0.496 e. The van der Waals surface area contributed by atoms with Crippen LogP contribution < -0.4 is 23.7 Å². The van der Waals surface area contributed by atoms with E-state index >= 15 is 0 Å². The van der Waals surface area contributed by atoms with Crippen LogP contribution >= 0.6 is 0 Å². The number of carbonyl (C=O) groups is 3. The summed E-state index contributed by atoms with van der Waals surface area (Å²) in [5.74, 6) is 0.206. The van der Waals surface area contributed by atoms with Gasteiger partial charge in [0, 0.05) is 11.1 Å². The van der Waals surface area contributed by atoms with E-state index in [0.717, 1.165) is 11.1 Å². The van der Waals surface area contributed by atoms with E-state index in [1.54, 1.807) is 24.3 Å². The molecule has 0 spiro atoms. The first-order valence-electron chi connectivity index (χ1n) is 14.7. The van der Waals surface area contributed by atoms with E-state index < -0.39 is 17.9 Å². The second-order valence-corrected chi connectivity index (χ2v) is 10.1. The van der Waals surface area contributed by atoms with Crippen LogP contribution in [0.5, 0.6) is 28.7 Å². The molecule has 0 amide bonds. The number of benzene rings is 3. The van der Waals surface area contributed by atoms with E-state index in [1.807, 2.05) is 19.1 Å². The summed E-state index contributed by atoms with van der Waals surface area (Å²) < 4.78 is 43.7. The molecule has 3 aromatic rings.